The molecule has 8 heteroatoms. The number of aliphatic hydroxyl groups is 1. The number of amides is 3. The number of aryl methyl sites for hydroxylation is 1. The van der Waals surface area contributed by atoms with Crippen molar-refractivity contribution in [1.82, 2.24) is 10.2 Å². The van der Waals surface area contributed by atoms with Gasteiger partial charge in [-0.15, -0.1) is 0 Å². The lowest BCUT2D eigenvalue weighted by atomic mass is 9.86. The summed E-state index contributed by atoms with van der Waals surface area (Å²) in [6.45, 7) is 10.7. The minimum Gasteiger partial charge on any atom is -0.491 e. The fraction of sp³-hybridized carbons (Fsp3) is 0.462. The molecule has 2 aliphatic rings. The Hall–Kier alpha value is -3.26. The summed E-state index contributed by atoms with van der Waals surface area (Å²) >= 11 is 0. The number of rotatable bonds is 6. The van der Waals surface area contributed by atoms with Gasteiger partial charge < -0.3 is 24.6 Å². The number of urea groups is 1. The van der Waals surface area contributed by atoms with Gasteiger partial charge in [0.15, 0.2) is 11.5 Å². The van der Waals surface area contributed by atoms with E-state index in [0.29, 0.717) is 36.0 Å². The van der Waals surface area contributed by atoms with E-state index < -0.39 is 23.6 Å². The topological polar surface area (TPSA) is 97.3 Å². The van der Waals surface area contributed by atoms with E-state index >= 15 is 0 Å². The fourth-order valence-electron chi connectivity index (χ4n) is 4.14. The monoisotopic (exact) mass is 468 g/mol. The summed E-state index contributed by atoms with van der Waals surface area (Å²) in [6, 6.07) is 10.6. The highest BCUT2D eigenvalue weighted by atomic mass is 16.6. The molecule has 4 rings (SSSR count). The zero-order chi connectivity index (χ0) is 24.7. The van der Waals surface area contributed by atoms with Crippen LogP contribution in [0.1, 0.15) is 44.4 Å². The zero-order valence-corrected chi connectivity index (χ0v) is 20.3. The quantitative estimate of drug-likeness (QED) is 0.632. The predicted molar refractivity (Wildman–Crippen MR) is 126 cm³/mol. The van der Waals surface area contributed by atoms with Gasteiger partial charge in [0.2, 0.25) is 0 Å². The van der Waals surface area contributed by atoms with Gasteiger partial charge in [0.25, 0.3) is 5.91 Å². The zero-order valence-electron chi connectivity index (χ0n) is 20.3. The van der Waals surface area contributed by atoms with Crippen molar-refractivity contribution in [2.45, 2.75) is 51.7 Å². The first kappa shape index (κ1) is 23.9. The molecule has 8 nitrogen and oxygen atoms in total. The Balaban J connectivity index is 1.41. The van der Waals surface area contributed by atoms with Crippen LogP contribution in [0.5, 0.6) is 17.2 Å². The molecule has 34 heavy (non-hydrogen) atoms. The van der Waals surface area contributed by atoms with Gasteiger partial charge in [0, 0.05) is 0 Å². The van der Waals surface area contributed by atoms with Crippen molar-refractivity contribution >= 4 is 11.9 Å². The highest BCUT2D eigenvalue weighted by Crippen LogP contribution is 2.37. The van der Waals surface area contributed by atoms with Gasteiger partial charge in [0.1, 0.15) is 37.2 Å². The Labute approximate surface area is 199 Å². The minimum absolute atomic E-state index is 0.0239. The van der Waals surface area contributed by atoms with Crippen LogP contribution in [-0.2, 0) is 15.7 Å². The number of hydrogen-bond donors (Lipinski definition) is 2. The average molecular weight is 469 g/mol. The summed E-state index contributed by atoms with van der Waals surface area (Å²) in [5, 5.41) is 13.3. The second kappa shape index (κ2) is 8.83. The van der Waals surface area contributed by atoms with Gasteiger partial charge >= 0.3 is 6.03 Å². The molecule has 2 aromatic rings. The number of nitrogens with zero attached hydrogens (tertiary/aromatic N) is 1. The largest absolute Gasteiger partial charge is 0.491 e. The third kappa shape index (κ3) is 4.55. The normalized spacial score (nSPS) is 20.8. The molecule has 1 saturated heterocycles. The van der Waals surface area contributed by atoms with E-state index in [-0.39, 0.29) is 18.6 Å². The van der Waals surface area contributed by atoms with Crippen molar-refractivity contribution in [3.05, 3.63) is 53.1 Å². The van der Waals surface area contributed by atoms with E-state index in [1.807, 2.05) is 19.1 Å². The molecule has 0 spiro atoms. The molecule has 0 saturated carbocycles. The molecular weight excluding hydrogens is 436 g/mol. The maximum absolute atomic E-state index is 13.2. The van der Waals surface area contributed by atoms with Crippen LogP contribution in [-0.4, -0.2) is 54.4 Å². The molecule has 3 amide bonds. The first-order valence-corrected chi connectivity index (χ1v) is 11.5. The second-order valence-corrected chi connectivity index (χ2v) is 10.0. The molecule has 2 atom stereocenters. The number of ether oxygens (including phenoxy) is 3. The van der Waals surface area contributed by atoms with Gasteiger partial charge in [-0.05, 0) is 54.2 Å². The van der Waals surface area contributed by atoms with Gasteiger partial charge in [-0.3, -0.25) is 9.69 Å². The molecule has 0 aromatic heterocycles. The summed E-state index contributed by atoms with van der Waals surface area (Å²) in [4.78, 5) is 26.9. The molecule has 1 fully saturated rings. The number of carbonyl (C=O) groups is 2. The van der Waals surface area contributed by atoms with E-state index in [1.54, 1.807) is 25.1 Å². The van der Waals surface area contributed by atoms with Crippen molar-refractivity contribution in [3.63, 3.8) is 0 Å². The maximum Gasteiger partial charge on any atom is 0.325 e. The molecule has 0 radical (unpaired) electrons. The number of carbonyl (C=O) groups excluding carboxylic acids is 2. The molecule has 2 aliphatic heterocycles. The van der Waals surface area contributed by atoms with Crippen LogP contribution >= 0.6 is 0 Å². The van der Waals surface area contributed by atoms with E-state index in [0.717, 1.165) is 10.5 Å². The van der Waals surface area contributed by atoms with Crippen molar-refractivity contribution in [3.8, 4) is 17.2 Å². The minimum atomic E-state index is -1.27. The van der Waals surface area contributed by atoms with Crippen molar-refractivity contribution < 1.29 is 28.9 Å². The molecule has 0 bridgehead atoms. The van der Waals surface area contributed by atoms with E-state index in [4.69, 9.17) is 14.2 Å². The van der Waals surface area contributed by atoms with Crippen LogP contribution in [0, 0.1) is 6.92 Å². The van der Waals surface area contributed by atoms with E-state index in [9.17, 15) is 14.7 Å². The summed E-state index contributed by atoms with van der Waals surface area (Å²) in [7, 11) is 0. The van der Waals surface area contributed by atoms with Gasteiger partial charge in [-0.25, -0.2) is 4.79 Å². The lowest BCUT2D eigenvalue weighted by molar-refractivity contribution is -0.132. The predicted octanol–water partition coefficient (Wildman–Crippen LogP) is 3.27. The Morgan fingerprint density at radius 3 is 2.50 bits per heavy atom. The summed E-state index contributed by atoms with van der Waals surface area (Å²) in [5.74, 6) is 1.35. The SMILES string of the molecule is Cc1cc(C(C)(C)C)ccc1OC[C@@H](O)CN1C(=O)N[C@](C)(c2ccc3c(c2)OCCO3)C1=O. The third-order valence-electron chi connectivity index (χ3n) is 6.26. The van der Waals surface area contributed by atoms with E-state index in [1.165, 1.54) is 5.56 Å². The Morgan fingerprint density at radius 1 is 1.12 bits per heavy atom. The Bertz CT molecular complexity index is 1110. The molecule has 2 heterocycles. The third-order valence-corrected chi connectivity index (χ3v) is 6.26. The first-order valence-electron chi connectivity index (χ1n) is 11.5. The number of aliphatic hydroxyl groups excluding tert-OH is 1. The van der Waals surface area contributed by atoms with Crippen LogP contribution in [0.4, 0.5) is 4.79 Å². The number of nitrogens with one attached hydrogen (secondary N) is 1. The lowest BCUT2D eigenvalue weighted by Gasteiger charge is -2.25. The fourth-order valence-corrected chi connectivity index (χ4v) is 4.14. The van der Waals surface area contributed by atoms with Crippen LogP contribution in [0.3, 0.4) is 0 Å². The number of imide groups is 1. The summed E-state index contributed by atoms with van der Waals surface area (Å²) in [5.41, 5.74) is 1.48. The van der Waals surface area contributed by atoms with Crippen LogP contribution < -0.4 is 19.5 Å². The average Bonchev–Trinajstić information content (AvgIpc) is 3.01. The van der Waals surface area contributed by atoms with Crippen molar-refractivity contribution in [2.24, 2.45) is 0 Å². The highest BCUT2D eigenvalue weighted by Gasteiger charge is 2.49. The van der Waals surface area contributed by atoms with Gasteiger partial charge in [-0.1, -0.05) is 39.0 Å². The molecule has 0 aliphatic carbocycles. The molecule has 0 unspecified atom stereocenters. The maximum atomic E-state index is 13.2. The number of fused-ring (bicyclic) bond motifs is 1. The highest BCUT2D eigenvalue weighted by molar-refractivity contribution is 6.07. The van der Waals surface area contributed by atoms with Crippen LogP contribution in [0.25, 0.3) is 0 Å². The smallest absolute Gasteiger partial charge is 0.325 e. The number of β-amino-alcohol motifs (C(OH)–C–C–N with tert-alkyl or cyclic N) is 1. The summed E-state index contributed by atoms with van der Waals surface area (Å²) in [6.07, 6.45) is -1.04. The summed E-state index contributed by atoms with van der Waals surface area (Å²) < 4.78 is 16.9. The van der Waals surface area contributed by atoms with Crippen LogP contribution in [0.2, 0.25) is 0 Å². The standard InChI is InChI=1S/C26H32N2O6/c1-16-12-17(25(2,3)4)6-8-20(16)34-15-19(29)14-28-23(30)26(5,27-24(28)31)18-7-9-21-22(13-18)33-11-10-32-21/h6-9,12-13,19,29H,10-11,14-15H2,1-5H3,(H,27,31)/t19-,26+/m0/s1. The molecule has 2 N–H and O–H groups in total. The van der Waals surface area contributed by atoms with Gasteiger partial charge in [-0.2, -0.15) is 0 Å². The molecule has 182 valence electrons. The second-order valence-electron chi connectivity index (χ2n) is 10.0. The molecule has 2 aromatic carbocycles. The number of hydrogen-bond acceptors (Lipinski definition) is 6. The van der Waals surface area contributed by atoms with Gasteiger partial charge in [0.05, 0.1) is 6.54 Å². The van der Waals surface area contributed by atoms with Crippen molar-refractivity contribution in [1.29, 1.82) is 0 Å². The molecular formula is C26H32N2O6. The lowest BCUT2D eigenvalue weighted by Crippen LogP contribution is -2.42. The Morgan fingerprint density at radius 2 is 1.82 bits per heavy atom. The van der Waals surface area contributed by atoms with Crippen LogP contribution in [0.15, 0.2) is 36.4 Å². The first-order chi connectivity index (χ1) is 16.0. The van der Waals surface area contributed by atoms with Crippen molar-refractivity contribution in [2.75, 3.05) is 26.4 Å². The number of benzene rings is 2. The Kier molecular flexibility index (Phi) is 6.20. The van der Waals surface area contributed by atoms with E-state index in [2.05, 4.69) is 32.2 Å².